The van der Waals surface area contributed by atoms with Crippen LogP contribution in [-0.4, -0.2) is 68.5 Å². The lowest BCUT2D eigenvalue weighted by Crippen LogP contribution is -2.45. The van der Waals surface area contributed by atoms with Gasteiger partial charge in [0, 0.05) is 24.2 Å². The SMILES string of the molecule is CN1[C@@H](C[C@@H](O)c2ccccc2)CCC[C@H]1C[C@H](O)c1ccccc1.CN1[C@@H](C[C@@H](O)c2ccccc2)CCC[C@H]1C[C@H](O)c1ccccc1. The zero-order chi connectivity index (χ0) is 35.3. The highest BCUT2D eigenvalue weighted by Crippen LogP contribution is 2.34. The van der Waals surface area contributed by atoms with Gasteiger partial charge in [-0.25, -0.2) is 0 Å². The smallest absolute Gasteiger partial charge is 0.0805 e. The normalized spacial score (nSPS) is 24.0. The largest absolute Gasteiger partial charge is 0.388 e. The molecule has 0 aliphatic carbocycles. The van der Waals surface area contributed by atoms with Gasteiger partial charge in [0.25, 0.3) is 0 Å². The minimum absolute atomic E-state index is 0.358. The summed E-state index contributed by atoms with van der Waals surface area (Å²) in [5.41, 5.74) is 3.95. The molecule has 0 spiro atoms. The van der Waals surface area contributed by atoms with E-state index in [1.54, 1.807) is 0 Å². The van der Waals surface area contributed by atoms with E-state index >= 15 is 0 Å². The fourth-order valence-electron chi connectivity index (χ4n) is 8.00. The van der Waals surface area contributed by atoms with Crippen molar-refractivity contribution in [3.63, 3.8) is 0 Å². The van der Waals surface area contributed by atoms with E-state index in [0.29, 0.717) is 24.2 Å². The number of rotatable bonds is 12. The second-order valence-electron chi connectivity index (χ2n) is 14.5. The quantitative estimate of drug-likeness (QED) is 0.121. The van der Waals surface area contributed by atoms with Crippen molar-refractivity contribution in [2.45, 2.75) is 113 Å². The van der Waals surface area contributed by atoms with Gasteiger partial charge in [0.05, 0.1) is 24.4 Å². The molecule has 0 unspecified atom stereocenters. The number of aliphatic hydroxyl groups excluding tert-OH is 4. The monoisotopic (exact) mass is 678 g/mol. The van der Waals surface area contributed by atoms with E-state index < -0.39 is 24.4 Å². The molecule has 0 bridgehead atoms. The summed E-state index contributed by atoms with van der Waals surface area (Å²) >= 11 is 0. The summed E-state index contributed by atoms with van der Waals surface area (Å²) < 4.78 is 0. The van der Waals surface area contributed by atoms with E-state index in [2.05, 4.69) is 23.9 Å². The molecule has 8 atom stereocenters. The van der Waals surface area contributed by atoms with Crippen LogP contribution in [0.1, 0.15) is 111 Å². The maximum absolute atomic E-state index is 10.6. The van der Waals surface area contributed by atoms with E-state index in [0.717, 1.165) is 86.5 Å². The molecule has 0 radical (unpaired) electrons. The van der Waals surface area contributed by atoms with Gasteiger partial charge in [0.15, 0.2) is 0 Å². The molecule has 4 aromatic rings. The van der Waals surface area contributed by atoms with Crippen molar-refractivity contribution >= 4 is 0 Å². The maximum atomic E-state index is 10.6. The number of hydrogen-bond acceptors (Lipinski definition) is 6. The van der Waals surface area contributed by atoms with Crippen LogP contribution in [0, 0.1) is 0 Å². The second-order valence-corrected chi connectivity index (χ2v) is 14.5. The van der Waals surface area contributed by atoms with Crippen molar-refractivity contribution in [1.29, 1.82) is 0 Å². The third-order valence-electron chi connectivity index (χ3n) is 11.2. The summed E-state index contributed by atoms with van der Waals surface area (Å²) in [6.45, 7) is 0. The van der Waals surface area contributed by atoms with Crippen LogP contribution < -0.4 is 0 Å². The minimum atomic E-state index is -0.425. The van der Waals surface area contributed by atoms with Crippen molar-refractivity contribution < 1.29 is 20.4 Å². The summed E-state index contributed by atoms with van der Waals surface area (Å²) in [5.74, 6) is 0. The van der Waals surface area contributed by atoms with Crippen LogP contribution in [0.2, 0.25) is 0 Å². The molecule has 6 rings (SSSR count). The van der Waals surface area contributed by atoms with Crippen molar-refractivity contribution in [1.82, 2.24) is 9.80 Å². The summed E-state index contributed by atoms with van der Waals surface area (Å²) in [7, 11) is 4.29. The van der Waals surface area contributed by atoms with Crippen LogP contribution in [0.15, 0.2) is 121 Å². The highest BCUT2D eigenvalue weighted by Gasteiger charge is 2.32. The molecule has 50 heavy (non-hydrogen) atoms. The zero-order valence-electron chi connectivity index (χ0n) is 29.9. The predicted octanol–water partition coefficient (Wildman–Crippen LogP) is 8.17. The molecule has 268 valence electrons. The number of nitrogens with zero attached hydrogens (tertiary/aromatic N) is 2. The number of piperidine rings is 2. The van der Waals surface area contributed by atoms with E-state index in [9.17, 15) is 20.4 Å². The van der Waals surface area contributed by atoms with Gasteiger partial charge < -0.3 is 30.2 Å². The molecule has 0 aromatic heterocycles. The summed E-state index contributed by atoms with van der Waals surface area (Å²) in [4.78, 5) is 4.75. The van der Waals surface area contributed by atoms with Crippen molar-refractivity contribution in [3.8, 4) is 0 Å². The van der Waals surface area contributed by atoms with Gasteiger partial charge in [0.1, 0.15) is 0 Å². The van der Waals surface area contributed by atoms with Gasteiger partial charge in [-0.2, -0.15) is 0 Å². The van der Waals surface area contributed by atoms with Crippen LogP contribution in [0.3, 0.4) is 0 Å². The Morgan fingerprint density at radius 3 is 0.800 bits per heavy atom. The van der Waals surface area contributed by atoms with Crippen LogP contribution in [-0.2, 0) is 0 Å². The highest BCUT2D eigenvalue weighted by atomic mass is 16.3. The molecule has 4 N–H and O–H groups in total. The molecule has 0 saturated carbocycles. The molecule has 2 aliphatic rings. The van der Waals surface area contributed by atoms with Crippen LogP contribution >= 0.6 is 0 Å². The van der Waals surface area contributed by atoms with Crippen LogP contribution in [0.4, 0.5) is 0 Å². The Kier molecular flexibility index (Phi) is 14.6. The van der Waals surface area contributed by atoms with E-state index in [4.69, 9.17) is 0 Å². The number of aliphatic hydroxyl groups is 4. The molecule has 6 heteroatoms. The van der Waals surface area contributed by atoms with Gasteiger partial charge in [-0.05, 0) is 87.7 Å². The highest BCUT2D eigenvalue weighted by molar-refractivity contribution is 5.20. The Morgan fingerprint density at radius 2 is 0.600 bits per heavy atom. The Labute approximate surface area is 300 Å². The Hall–Kier alpha value is -3.36. The fourth-order valence-corrected chi connectivity index (χ4v) is 8.00. The standard InChI is InChI=1S/2C22H29NO2/c2*1-23-19(15-21(24)17-9-4-2-5-10-17)13-8-14-20(23)16-22(25)18-11-6-3-7-12-18/h2*2-7,9-12,19-22,24-25H,8,13-16H2,1H3/t2*19-,20+,21-,22+. The lowest BCUT2D eigenvalue weighted by atomic mass is 9.88. The third-order valence-corrected chi connectivity index (χ3v) is 11.2. The van der Waals surface area contributed by atoms with Gasteiger partial charge in [-0.3, -0.25) is 0 Å². The molecule has 2 heterocycles. The second kappa shape index (κ2) is 19.3. The maximum Gasteiger partial charge on any atom is 0.0805 e. The summed E-state index contributed by atoms with van der Waals surface area (Å²) in [5, 5.41) is 42.2. The molecule has 6 nitrogen and oxygen atoms in total. The van der Waals surface area contributed by atoms with Gasteiger partial charge >= 0.3 is 0 Å². The molecule has 2 saturated heterocycles. The first-order valence-corrected chi connectivity index (χ1v) is 18.7. The predicted molar refractivity (Wildman–Crippen MR) is 202 cm³/mol. The molecule has 4 aromatic carbocycles. The lowest BCUT2D eigenvalue weighted by Gasteiger charge is -2.41. The topological polar surface area (TPSA) is 87.4 Å². The Balaban J connectivity index is 0.000000194. The Bertz CT molecular complexity index is 1270. The average molecular weight is 679 g/mol. The number of hydrogen-bond donors (Lipinski definition) is 4. The third kappa shape index (κ3) is 10.8. The lowest BCUT2D eigenvalue weighted by molar-refractivity contribution is 0.0347. The summed E-state index contributed by atoms with van der Waals surface area (Å²) in [6.07, 6.45) is 8.04. The van der Waals surface area contributed by atoms with Crippen molar-refractivity contribution in [2.75, 3.05) is 14.1 Å². The van der Waals surface area contributed by atoms with Crippen molar-refractivity contribution in [3.05, 3.63) is 144 Å². The van der Waals surface area contributed by atoms with E-state index in [1.807, 2.05) is 121 Å². The van der Waals surface area contributed by atoms with Gasteiger partial charge in [-0.1, -0.05) is 134 Å². The summed E-state index contributed by atoms with van der Waals surface area (Å²) in [6, 6.07) is 41.1. The van der Waals surface area contributed by atoms with Crippen molar-refractivity contribution in [2.24, 2.45) is 0 Å². The first-order valence-electron chi connectivity index (χ1n) is 18.7. The average Bonchev–Trinajstić information content (AvgIpc) is 3.16. The van der Waals surface area contributed by atoms with Gasteiger partial charge in [-0.15, -0.1) is 0 Å². The van der Waals surface area contributed by atoms with Gasteiger partial charge in [0.2, 0.25) is 0 Å². The van der Waals surface area contributed by atoms with E-state index in [-0.39, 0.29) is 0 Å². The molecular weight excluding hydrogens is 620 g/mol. The number of benzene rings is 4. The Morgan fingerprint density at radius 1 is 0.400 bits per heavy atom. The minimum Gasteiger partial charge on any atom is -0.388 e. The molecule has 2 fully saturated rings. The molecule has 2 aliphatic heterocycles. The van der Waals surface area contributed by atoms with Crippen LogP contribution in [0.5, 0.6) is 0 Å². The fraction of sp³-hybridized carbons (Fsp3) is 0.455. The van der Waals surface area contributed by atoms with E-state index in [1.165, 1.54) is 0 Å². The van der Waals surface area contributed by atoms with Crippen LogP contribution in [0.25, 0.3) is 0 Å². The zero-order valence-corrected chi connectivity index (χ0v) is 29.9. The number of likely N-dealkylation sites (tertiary alicyclic amines) is 2. The first kappa shape index (κ1) is 37.9. The molecular formula is C44H58N2O4. The molecule has 0 amide bonds. The first-order chi connectivity index (χ1) is 24.3.